The number of nitrogens with two attached hydrogens (primary N) is 1. The predicted octanol–water partition coefficient (Wildman–Crippen LogP) is 1.65. The molecule has 3 aromatic rings. The lowest BCUT2D eigenvalue weighted by molar-refractivity contribution is 0.414. The molecule has 8 nitrogen and oxygen atoms in total. The Balaban J connectivity index is 1.75. The van der Waals surface area contributed by atoms with E-state index in [-0.39, 0.29) is 0 Å². The molecule has 0 saturated carbocycles. The standard InChI is InChI=1S/C13H14N6O2S/c1-8-15-18-13(19(8)14)22-7-11-16-17-12(21-11)9-5-3-4-6-10(9)20-2/h3-6H,7,14H2,1-2H3. The molecule has 0 spiro atoms. The Morgan fingerprint density at radius 1 is 1.23 bits per heavy atom. The topological polar surface area (TPSA) is 105 Å². The van der Waals surface area contributed by atoms with Crippen LogP contribution in [0.3, 0.4) is 0 Å². The zero-order valence-corrected chi connectivity index (χ0v) is 12.9. The van der Waals surface area contributed by atoms with Crippen LogP contribution in [0.1, 0.15) is 11.7 Å². The van der Waals surface area contributed by atoms with Crippen molar-refractivity contribution in [2.45, 2.75) is 17.8 Å². The number of rotatable bonds is 5. The molecule has 1 aromatic carbocycles. The third-order valence-corrected chi connectivity index (χ3v) is 3.89. The summed E-state index contributed by atoms with van der Waals surface area (Å²) >= 11 is 1.38. The van der Waals surface area contributed by atoms with Gasteiger partial charge >= 0.3 is 0 Å². The number of benzene rings is 1. The number of thioether (sulfide) groups is 1. The van der Waals surface area contributed by atoms with E-state index >= 15 is 0 Å². The molecule has 22 heavy (non-hydrogen) atoms. The van der Waals surface area contributed by atoms with Crippen molar-refractivity contribution in [3.63, 3.8) is 0 Å². The lowest BCUT2D eigenvalue weighted by atomic mass is 10.2. The van der Waals surface area contributed by atoms with Crippen molar-refractivity contribution < 1.29 is 9.15 Å². The fraction of sp³-hybridized carbons (Fsp3) is 0.231. The number of hydrogen-bond acceptors (Lipinski definition) is 8. The molecule has 114 valence electrons. The quantitative estimate of drug-likeness (QED) is 0.559. The van der Waals surface area contributed by atoms with Crippen molar-refractivity contribution in [3.8, 4) is 17.2 Å². The van der Waals surface area contributed by atoms with Crippen LogP contribution in [0.15, 0.2) is 33.8 Å². The van der Waals surface area contributed by atoms with Gasteiger partial charge in [0.2, 0.25) is 11.0 Å². The average molecular weight is 318 g/mol. The predicted molar refractivity (Wildman–Crippen MR) is 80.8 cm³/mol. The average Bonchev–Trinajstić information content (AvgIpc) is 3.14. The lowest BCUT2D eigenvalue weighted by Crippen LogP contribution is -2.11. The fourth-order valence-corrected chi connectivity index (χ4v) is 2.56. The maximum atomic E-state index is 5.79. The van der Waals surface area contributed by atoms with Crippen LogP contribution in [-0.2, 0) is 5.75 Å². The second-order valence-corrected chi connectivity index (χ2v) is 5.33. The molecule has 3 rings (SSSR count). The summed E-state index contributed by atoms with van der Waals surface area (Å²) in [5, 5.41) is 16.5. The first-order chi connectivity index (χ1) is 10.7. The molecule has 0 unspecified atom stereocenters. The third-order valence-electron chi connectivity index (χ3n) is 2.96. The van der Waals surface area contributed by atoms with Gasteiger partial charge in [0.25, 0.3) is 5.89 Å². The molecule has 0 aliphatic rings. The Morgan fingerprint density at radius 3 is 2.77 bits per heavy atom. The van der Waals surface area contributed by atoms with E-state index in [1.165, 1.54) is 16.4 Å². The minimum atomic E-state index is 0.415. The first kappa shape index (κ1) is 14.4. The van der Waals surface area contributed by atoms with E-state index in [4.69, 9.17) is 15.0 Å². The van der Waals surface area contributed by atoms with Gasteiger partial charge in [-0.25, -0.2) is 4.68 Å². The number of ether oxygens (including phenoxy) is 1. The lowest BCUT2D eigenvalue weighted by Gasteiger charge is -2.03. The van der Waals surface area contributed by atoms with Gasteiger partial charge in [-0.1, -0.05) is 23.9 Å². The summed E-state index contributed by atoms with van der Waals surface area (Å²) in [7, 11) is 1.60. The molecule has 9 heteroatoms. The molecule has 2 heterocycles. The normalized spacial score (nSPS) is 10.8. The maximum Gasteiger partial charge on any atom is 0.251 e. The van der Waals surface area contributed by atoms with E-state index in [9.17, 15) is 0 Å². The van der Waals surface area contributed by atoms with E-state index in [2.05, 4.69) is 20.4 Å². The van der Waals surface area contributed by atoms with Gasteiger partial charge in [0.1, 0.15) is 11.6 Å². The summed E-state index contributed by atoms with van der Waals surface area (Å²) in [5.74, 6) is 8.46. The van der Waals surface area contributed by atoms with Crippen molar-refractivity contribution in [2.24, 2.45) is 0 Å². The second-order valence-electron chi connectivity index (χ2n) is 4.39. The van der Waals surface area contributed by atoms with Crippen LogP contribution in [0.2, 0.25) is 0 Å². The van der Waals surface area contributed by atoms with E-state index in [1.54, 1.807) is 14.0 Å². The number of methoxy groups -OCH3 is 1. The van der Waals surface area contributed by atoms with Gasteiger partial charge in [-0.3, -0.25) is 0 Å². The van der Waals surface area contributed by atoms with Crippen LogP contribution in [0.5, 0.6) is 5.75 Å². The minimum absolute atomic E-state index is 0.415. The third kappa shape index (κ3) is 2.75. The van der Waals surface area contributed by atoms with Crippen molar-refractivity contribution in [1.82, 2.24) is 25.1 Å². The van der Waals surface area contributed by atoms with E-state index in [0.717, 1.165) is 5.56 Å². The van der Waals surface area contributed by atoms with Gasteiger partial charge in [0.15, 0.2) is 0 Å². The molecule has 0 bridgehead atoms. The SMILES string of the molecule is COc1ccccc1-c1nnc(CSc2nnc(C)n2N)o1. The van der Waals surface area contributed by atoms with E-state index in [0.29, 0.717) is 34.3 Å². The highest BCUT2D eigenvalue weighted by Crippen LogP contribution is 2.29. The maximum absolute atomic E-state index is 5.79. The number of nitrogen functional groups attached to an aromatic ring is 1. The summed E-state index contributed by atoms with van der Waals surface area (Å²) < 4.78 is 12.4. The molecule has 0 atom stereocenters. The zero-order chi connectivity index (χ0) is 15.5. The molecule has 0 aliphatic carbocycles. The number of aryl methyl sites for hydroxylation is 1. The molecule has 2 N–H and O–H groups in total. The molecular weight excluding hydrogens is 304 g/mol. The first-order valence-corrected chi connectivity index (χ1v) is 7.43. The summed E-state index contributed by atoms with van der Waals surface area (Å²) in [5.41, 5.74) is 0.756. The van der Waals surface area contributed by atoms with Gasteiger partial charge in [-0.15, -0.1) is 20.4 Å². The van der Waals surface area contributed by atoms with E-state index < -0.39 is 0 Å². The van der Waals surface area contributed by atoms with Crippen LogP contribution in [0, 0.1) is 6.92 Å². The van der Waals surface area contributed by atoms with Crippen molar-refractivity contribution in [2.75, 3.05) is 13.0 Å². The molecule has 0 aliphatic heterocycles. The molecular formula is C13H14N6O2S. The van der Waals surface area contributed by atoms with Gasteiger partial charge in [-0.2, -0.15) is 0 Å². The summed E-state index contributed by atoms with van der Waals surface area (Å²) in [6.45, 7) is 1.78. The Labute approximate surface area is 130 Å². The number of para-hydroxylation sites is 1. The van der Waals surface area contributed by atoms with Crippen molar-refractivity contribution in [3.05, 3.63) is 36.0 Å². The number of hydrogen-bond donors (Lipinski definition) is 1. The van der Waals surface area contributed by atoms with Crippen LogP contribution < -0.4 is 10.6 Å². The number of nitrogens with zero attached hydrogens (tertiary/aromatic N) is 5. The Kier molecular flexibility index (Phi) is 3.96. The highest BCUT2D eigenvalue weighted by Gasteiger charge is 2.14. The minimum Gasteiger partial charge on any atom is -0.496 e. The Morgan fingerprint density at radius 2 is 2.05 bits per heavy atom. The zero-order valence-electron chi connectivity index (χ0n) is 12.1. The highest BCUT2D eigenvalue weighted by atomic mass is 32.2. The van der Waals surface area contributed by atoms with Crippen molar-refractivity contribution in [1.29, 1.82) is 0 Å². The molecule has 0 amide bonds. The van der Waals surface area contributed by atoms with Crippen LogP contribution in [-0.4, -0.2) is 32.2 Å². The van der Waals surface area contributed by atoms with Crippen LogP contribution >= 0.6 is 11.8 Å². The van der Waals surface area contributed by atoms with Gasteiger partial charge in [0, 0.05) is 0 Å². The Hall–Kier alpha value is -2.55. The number of aromatic nitrogens is 5. The fourth-order valence-electron chi connectivity index (χ4n) is 1.82. The van der Waals surface area contributed by atoms with Crippen LogP contribution in [0.25, 0.3) is 11.5 Å². The molecule has 0 fully saturated rings. The van der Waals surface area contributed by atoms with Crippen molar-refractivity contribution >= 4 is 11.8 Å². The summed E-state index contributed by atoms with van der Waals surface area (Å²) in [4.78, 5) is 0. The summed E-state index contributed by atoms with van der Waals surface area (Å²) in [6.07, 6.45) is 0. The van der Waals surface area contributed by atoms with Crippen LogP contribution in [0.4, 0.5) is 0 Å². The van der Waals surface area contributed by atoms with Gasteiger partial charge in [0.05, 0.1) is 18.4 Å². The molecule has 0 radical (unpaired) electrons. The second kappa shape index (κ2) is 6.06. The first-order valence-electron chi connectivity index (χ1n) is 6.44. The van der Waals surface area contributed by atoms with Gasteiger partial charge < -0.3 is 15.0 Å². The monoisotopic (exact) mass is 318 g/mol. The van der Waals surface area contributed by atoms with E-state index in [1.807, 2.05) is 24.3 Å². The highest BCUT2D eigenvalue weighted by molar-refractivity contribution is 7.98. The Bertz CT molecular complexity index is 784. The molecule has 2 aromatic heterocycles. The summed E-state index contributed by atoms with van der Waals surface area (Å²) in [6, 6.07) is 7.47. The largest absolute Gasteiger partial charge is 0.496 e. The smallest absolute Gasteiger partial charge is 0.251 e. The molecule has 0 saturated heterocycles. The van der Waals surface area contributed by atoms with Gasteiger partial charge in [-0.05, 0) is 19.1 Å².